The number of alkyl halides is 3. The number of aliphatic carboxylic acids is 2. The number of benzene rings is 1. The van der Waals surface area contributed by atoms with E-state index in [2.05, 4.69) is 20.2 Å². The Bertz CT molecular complexity index is 1350. The molecule has 11 nitrogen and oxygen atoms in total. The fourth-order valence-electron chi connectivity index (χ4n) is 4.12. The molecule has 42 heavy (non-hydrogen) atoms. The molecule has 3 atom stereocenters. The van der Waals surface area contributed by atoms with Crippen molar-refractivity contribution >= 4 is 70.6 Å². The van der Waals surface area contributed by atoms with Crippen molar-refractivity contribution in [3.8, 4) is 0 Å². The standard InChI is InChI=1S/C22H23N5O4S4.C2HF3O2/c28-16(8-12-4-2-1-3-5-12)24-17-19(29)27-18(21(30)31)15(11-33-20(17)27)34-22-14(25-26-35-22)10-32-13-6-7-23-9-13;3-2(4,5)1(6)7/h1-5,13,17,20,23H,6-11H2,(H,24,28)(H,30,31);(H,6,7)/t13?,17-,20-;/m1./s1. The quantitative estimate of drug-likeness (QED) is 0.291. The van der Waals surface area contributed by atoms with Crippen molar-refractivity contribution in [1.82, 2.24) is 25.1 Å². The van der Waals surface area contributed by atoms with Gasteiger partial charge in [0.05, 0.1) is 12.1 Å². The Hall–Kier alpha value is -2.80. The number of nitrogens with one attached hydrogen (secondary N) is 2. The number of nitrogens with zero attached hydrogens (tertiary/aromatic N) is 3. The number of β-lactam (4-membered cyclic amide) rings is 1. The molecule has 0 radical (unpaired) electrons. The minimum absolute atomic E-state index is 0.00990. The lowest BCUT2D eigenvalue weighted by atomic mass is 10.0. The van der Waals surface area contributed by atoms with Crippen molar-refractivity contribution in [1.29, 1.82) is 0 Å². The second-order valence-electron chi connectivity index (χ2n) is 9.03. The molecule has 3 aliphatic heterocycles. The van der Waals surface area contributed by atoms with Gasteiger partial charge in [0, 0.05) is 28.2 Å². The zero-order valence-electron chi connectivity index (χ0n) is 21.5. The molecule has 0 spiro atoms. The highest BCUT2D eigenvalue weighted by atomic mass is 32.2. The fraction of sp³-hybridized carbons (Fsp3) is 0.417. The predicted octanol–water partition coefficient (Wildman–Crippen LogP) is 2.80. The number of fused-ring (bicyclic) bond motifs is 1. The van der Waals surface area contributed by atoms with E-state index in [9.17, 15) is 32.7 Å². The number of carbonyl (C=O) groups excluding carboxylic acids is 2. The summed E-state index contributed by atoms with van der Waals surface area (Å²) in [7, 11) is 0. The van der Waals surface area contributed by atoms with E-state index in [1.165, 1.54) is 40.0 Å². The molecular weight excluding hydrogens is 640 g/mol. The van der Waals surface area contributed by atoms with Gasteiger partial charge in [-0.25, -0.2) is 9.59 Å². The van der Waals surface area contributed by atoms with E-state index in [0.29, 0.717) is 15.9 Å². The highest BCUT2D eigenvalue weighted by Crippen LogP contribution is 2.46. The maximum atomic E-state index is 12.9. The highest BCUT2D eigenvalue weighted by Gasteiger charge is 2.54. The molecule has 2 fully saturated rings. The number of carboxylic acid groups (broad SMARTS) is 2. The van der Waals surface area contributed by atoms with Crippen LogP contribution in [0.3, 0.4) is 0 Å². The molecule has 5 rings (SSSR count). The van der Waals surface area contributed by atoms with Gasteiger partial charge in [0.1, 0.15) is 21.3 Å². The van der Waals surface area contributed by atoms with Crippen molar-refractivity contribution in [2.75, 3.05) is 18.8 Å². The van der Waals surface area contributed by atoms with Crippen molar-refractivity contribution in [3.63, 3.8) is 0 Å². The van der Waals surface area contributed by atoms with Gasteiger partial charge in [-0.3, -0.25) is 14.5 Å². The van der Waals surface area contributed by atoms with E-state index in [1.54, 1.807) is 0 Å². The number of rotatable bonds is 9. The van der Waals surface area contributed by atoms with Crippen molar-refractivity contribution in [2.24, 2.45) is 0 Å². The first kappa shape index (κ1) is 32.1. The summed E-state index contributed by atoms with van der Waals surface area (Å²) >= 11 is 5.88. The summed E-state index contributed by atoms with van der Waals surface area (Å²) in [5, 5.41) is 27.6. The molecule has 226 valence electrons. The van der Waals surface area contributed by atoms with Crippen LogP contribution in [0.5, 0.6) is 0 Å². The first-order valence-electron chi connectivity index (χ1n) is 12.3. The molecule has 4 heterocycles. The summed E-state index contributed by atoms with van der Waals surface area (Å²) < 4.78 is 36.7. The second-order valence-corrected chi connectivity index (χ2v) is 13.5. The maximum absolute atomic E-state index is 12.9. The van der Waals surface area contributed by atoms with E-state index in [4.69, 9.17) is 9.90 Å². The lowest BCUT2D eigenvalue weighted by Crippen LogP contribution is -2.70. The zero-order valence-corrected chi connectivity index (χ0v) is 24.8. The van der Waals surface area contributed by atoms with Gasteiger partial charge in [-0.1, -0.05) is 46.6 Å². The Labute approximate surface area is 254 Å². The molecule has 3 aliphatic rings. The average Bonchev–Trinajstić information content (AvgIpc) is 3.62. The molecule has 1 aromatic heterocycles. The number of carboxylic acids is 2. The third-order valence-corrected chi connectivity index (χ3v) is 10.9. The number of carbonyl (C=O) groups is 4. The lowest BCUT2D eigenvalue weighted by molar-refractivity contribution is -0.192. The first-order valence-corrected chi connectivity index (χ1v) is 16.0. The van der Waals surface area contributed by atoms with Crippen LogP contribution >= 0.6 is 46.8 Å². The summed E-state index contributed by atoms with van der Waals surface area (Å²) in [6.07, 6.45) is -3.79. The minimum Gasteiger partial charge on any atom is -0.477 e. The maximum Gasteiger partial charge on any atom is 0.490 e. The van der Waals surface area contributed by atoms with Gasteiger partial charge in [0.15, 0.2) is 0 Å². The normalized spacial score (nSPS) is 21.6. The van der Waals surface area contributed by atoms with E-state index in [-0.39, 0.29) is 18.0 Å². The van der Waals surface area contributed by atoms with Gasteiger partial charge in [0.25, 0.3) is 5.91 Å². The Morgan fingerprint density at radius 3 is 2.52 bits per heavy atom. The van der Waals surface area contributed by atoms with Gasteiger partial charge in [-0.15, -0.1) is 16.9 Å². The van der Waals surface area contributed by atoms with Crippen LogP contribution in [0.2, 0.25) is 0 Å². The second kappa shape index (κ2) is 14.1. The van der Waals surface area contributed by atoms with Crippen LogP contribution in [0.1, 0.15) is 17.7 Å². The van der Waals surface area contributed by atoms with Crippen LogP contribution in [-0.2, 0) is 31.4 Å². The van der Waals surface area contributed by atoms with E-state index >= 15 is 0 Å². The molecule has 0 saturated carbocycles. The van der Waals surface area contributed by atoms with Crippen LogP contribution in [-0.4, -0.2) is 90.1 Å². The van der Waals surface area contributed by atoms with Crippen LogP contribution < -0.4 is 10.6 Å². The summed E-state index contributed by atoms with van der Waals surface area (Å²) in [6.45, 7) is 2.01. The van der Waals surface area contributed by atoms with E-state index in [1.807, 2.05) is 42.1 Å². The minimum atomic E-state index is -5.08. The molecule has 0 aliphatic carbocycles. The molecule has 1 unspecified atom stereocenters. The number of amides is 2. The zero-order chi connectivity index (χ0) is 30.4. The largest absolute Gasteiger partial charge is 0.490 e. The van der Waals surface area contributed by atoms with E-state index < -0.39 is 35.4 Å². The van der Waals surface area contributed by atoms with Crippen molar-refractivity contribution < 1.29 is 42.6 Å². The first-order chi connectivity index (χ1) is 20.0. The van der Waals surface area contributed by atoms with Crippen molar-refractivity contribution in [3.05, 3.63) is 52.2 Å². The lowest BCUT2D eigenvalue weighted by Gasteiger charge is -2.49. The molecule has 4 N–H and O–H groups in total. The third-order valence-electron chi connectivity index (χ3n) is 6.11. The fourth-order valence-corrected chi connectivity index (χ4v) is 8.77. The van der Waals surface area contributed by atoms with Crippen LogP contribution in [0.4, 0.5) is 13.2 Å². The molecule has 0 bridgehead atoms. The van der Waals surface area contributed by atoms with Gasteiger partial charge in [-0.05, 0) is 30.1 Å². The van der Waals surface area contributed by atoms with Crippen molar-refractivity contribution in [2.45, 2.75) is 45.6 Å². The number of thioether (sulfide) groups is 3. The van der Waals surface area contributed by atoms with Crippen LogP contribution in [0.25, 0.3) is 0 Å². The molecule has 2 amide bonds. The van der Waals surface area contributed by atoms with Crippen LogP contribution in [0, 0.1) is 0 Å². The third kappa shape index (κ3) is 7.97. The molecule has 2 saturated heterocycles. The summed E-state index contributed by atoms with van der Waals surface area (Å²) in [6, 6.07) is 8.56. The highest BCUT2D eigenvalue weighted by molar-refractivity contribution is 8.07. The summed E-state index contributed by atoms with van der Waals surface area (Å²) in [4.78, 5) is 48.4. The smallest absolute Gasteiger partial charge is 0.477 e. The number of hydrogen-bond donors (Lipinski definition) is 4. The number of hydrogen-bond acceptors (Lipinski definition) is 11. The van der Waals surface area contributed by atoms with Gasteiger partial charge in [-0.2, -0.15) is 24.9 Å². The molecule has 18 heteroatoms. The Morgan fingerprint density at radius 2 is 1.90 bits per heavy atom. The molecule has 2 aromatic rings. The number of halogens is 3. The SMILES string of the molecule is O=C(Cc1ccccc1)N[C@@H]1C(=O)N2C(C(=O)O)=C(Sc3snnc3CSC3CCNC3)CS[C@H]12.O=C(O)C(F)(F)F. The predicted molar refractivity (Wildman–Crippen MR) is 152 cm³/mol. The number of aromatic nitrogens is 2. The summed E-state index contributed by atoms with van der Waals surface area (Å²) in [5.41, 5.74) is 1.69. The summed E-state index contributed by atoms with van der Waals surface area (Å²) in [5.74, 6) is -3.41. The Morgan fingerprint density at radius 1 is 1.19 bits per heavy atom. The van der Waals surface area contributed by atoms with E-state index in [0.717, 1.165) is 40.7 Å². The molecular formula is C24H24F3N5O6S4. The Kier molecular flexibility index (Phi) is 10.8. The average molecular weight is 664 g/mol. The Balaban J connectivity index is 0.000000517. The van der Waals surface area contributed by atoms with Crippen LogP contribution in [0.15, 0.2) is 45.1 Å². The van der Waals surface area contributed by atoms with Gasteiger partial charge < -0.3 is 20.8 Å². The molecule has 1 aromatic carbocycles. The van der Waals surface area contributed by atoms with Gasteiger partial charge >= 0.3 is 18.1 Å². The van der Waals surface area contributed by atoms with Gasteiger partial charge in [0.2, 0.25) is 5.91 Å². The topological polar surface area (TPSA) is 162 Å². The monoisotopic (exact) mass is 663 g/mol.